The second-order valence-electron chi connectivity index (χ2n) is 9.24. The molecule has 1 aromatic heterocycles. The number of aryl methyl sites for hydroxylation is 1. The first-order chi connectivity index (χ1) is 18.3. The molecule has 1 aliphatic rings. The number of aliphatic hydroxyl groups is 2. The van der Waals surface area contributed by atoms with Crippen LogP contribution in [0.5, 0.6) is 5.75 Å². The number of allylic oxidation sites excluding steroid dienone is 3. The van der Waals surface area contributed by atoms with Crippen LogP contribution in [0, 0.1) is 12.8 Å². The molecular formula is C28H30ClN3O6. The molecule has 9 nitrogen and oxygen atoms in total. The van der Waals surface area contributed by atoms with Gasteiger partial charge in [-0.1, -0.05) is 72.2 Å². The largest absolute Gasteiger partial charge is 0.491 e. The number of nitrogens with zero attached hydrogens (tertiary/aromatic N) is 2. The van der Waals surface area contributed by atoms with Gasteiger partial charge in [-0.05, 0) is 41.3 Å². The van der Waals surface area contributed by atoms with E-state index >= 15 is 0 Å². The van der Waals surface area contributed by atoms with E-state index in [1.807, 2.05) is 24.3 Å². The van der Waals surface area contributed by atoms with Crippen molar-refractivity contribution in [3.8, 4) is 5.75 Å². The molecule has 0 saturated heterocycles. The molecular weight excluding hydrogens is 510 g/mol. The number of nitrogens with one attached hydrogen (secondary N) is 1. The lowest BCUT2D eigenvalue weighted by Crippen LogP contribution is -2.41. The summed E-state index contributed by atoms with van der Waals surface area (Å²) in [5.74, 6) is -0.311. The number of aliphatic carboxylic acids is 1. The Morgan fingerprint density at radius 2 is 2.05 bits per heavy atom. The van der Waals surface area contributed by atoms with Gasteiger partial charge < -0.3 is 24.6 Å². The van der Waals surface area contributed by atoms with Crippen molar-refractivity contribution in [3.63, 3.8) is 0 Å². The Balaban J connectivity index is 1.60. The monoisotopic (exact) mass is 539 g/mol. The van der Waals surface area contributed by atoms with Crippen LogP contribution >= 0.6 is 11.6 Å². The number of carboxylic acid groups (broad SMARTS) is 1. The molecule has 1 aliphatic carbocycles. The minimum atomic E-state index is -1.14. The summed E-state index contributed by atoms with van der Waals surface area (Å²) in [4.78, 5) is 15.6. The summed E-state index contributed by atoms with van der Waals surface area (Å²) in [5.41, 5.74) is 3.26. The van der Waals surface area contributed by atoms with Crippen LogP contribution in [0.4, 0.5) is 0 Å². The van der Waals surface area contributed by atoms with E-state index in [-0.39, 0.29) is 31.6 Å². The number of benzene rings is 2. The van der Waals surface area contributed by atoms with E-state index in [2.05, 4.69) is 47.5 Å². The van der Waals surface area contributed by atoms with Crippen molar-refractivity contribution >= 4 is 23.1 Å². The molecule has 0 bridgehead atoms. The van der Waals surface area contributed by atoms with E-state index in [1.165, 1.54) is 0 Å². The van der Waals surface area contributed by atoms with Crippen LogP contribution in [0.3, 0.4) is 0 Å². The standard InChI is InChI=1S/C28H30ClN3O6/c1-17-6-3-4-7-20(17)21-8-5-11-28(18(21)2,27-31-25(15-34)38-32-27)16-37-24-10-9-19(12-22(24)29)13-30-23(14-33)26(35)36/h3-12,18,23,30,33-34H,13-16H2,1-2H3,(H,35,36). The molecule has 2 aromatic carbocycles. The Morgan fingerprint density at radius 3 is 2.71 bits per heavy atom. The molecule has 38 heavy (non-hydrogen) atoms. The third-order valence-corrected chi connectivity index (χ3v) is 7.18. The Hall–Kier alpha value is -3.50. The number of halogens is 1. The number of hydrogen-bond acceptors (Lipinski definition) is 8. The number of hydrogen-bond donors (Lipinski definition) is 4. The molecule has 10 heteroatoms. The summed E-state index contributed by atoms with van der Waals surface area (Å²) in [6.45, 7) is 3.59. The highest BCUT2D eigenvalue weighted by molar-refractivity contribution is 6.32. The van der Waals surface area contributed by atoms with Gasteiger partial charge in [-0.25, -0.2) is 0 Å². The molecule has 1 heterocycles. The van der Waals surface area contributed by atoms with Crippen molar-refractivity contribution in [2.45, 2.75) is 38.5 Å². The lowest BCUT2D eigenvalue weighted by Gasteiger charge is -2.37. The summed E-state index contributed by atoms with van der Waals surface area (Å²) < 4.78 is 11.5. The zero-order chi connectivity index (χ0) is 27.3. The Morgan fingerprint density at radius 1 is 1.26 bits per heavy atom. The molecule has 200 valence electrons. The van der Waals surface area contributed by atoms with Crippen molar-refractivity contribution < 1.29 is 29.4 Å². The van der Waals surface area contributed by atoms with E-state index in [1.54, 1.807) is 18.2 Å². The van der Waals surface area contributed by atoms with Gasteiger partial charge in [-0.2, -0.15) is 4.98 Å². The third-order valence-electron chi connectivity index (χ3n) is 6.88. The van der Waals surface area contributed by atoms with Crippen molar-refractivity contribution in [2.75, 3.05) is 13.2 Å². The van der Waals surface area contributed by atoms with Crippen molar-refractivity contribution in [1.82, 2.24) is 15.5 Å². The predicted octanol–water partition coefficient (Wildman–Crippen LogP) is 3.67. The first-order valence-corrected chi connectivity index (χ1v) is 12.5. The van der Waals surface area contributed by atoms with E-state index in [4.69, 9.17) is 26.0 Å². The first kappa shape index (κ1) is 27.5. The van der Waals surface area contributed by atoms with Gasteiger partial charge in [0.2, 0.25) is 0 Å². The van der Waals surface area contributed by atoms with Crippen LogP contribution in [0.15, 0.2) is 65.2 Å². The zero-order valence-corrected chi connectivity index (χ0v) is 21.9. The molecule has 0 amide bonds. The number of rotatable bonds is 11. The van der Waals surface area contributed by atoms with Gasteiger partial charge >= 0.3 is 5.97 Å². The highest BCUT2D eigenvalue weighted by atomic mass is 35.5. The average Bonchev–Trinajstić information content (AvgIpc) is 3.40. The van der Waals surface area contributed by atoms with Gasteiger partial charge in [0.1, 0.15) is 25.0 Å². The summed E-state index contributed by atoms with van der Waals surface area (Å²) >= 11 is 6.53. The number of carbonyl (C=O) groups is 1. The number of aliphatic hydroxyl groups excluding tert-OH is 2. The summed E-state index contributed by atoms with van der Waals surface area (Å²) in [6.07, 6.45) is 6.01. The van der Waals surface area contributed by atoms with E-state index in [9.17, 15) is 15.0 Å². The first-order valence-electron chi connectivity index (χ1n) is 12.2. The fraction of sp³-hybridized carbons (Fsp3) is 0.321. The Kier molecular flexibility index (Phi) is 8.63. The van der Waals surface area contributed by atoms with Crippen LogP contribution in [-0.4, -0.2) is 50.7 Å². The SMILES string of the molecule is Cc1ccccc1C1=CC=CC(COc2ccc(CNC(CO)C(=O)O)cc2Cl)(c2noc(CO)n2)C1C. The van der Waals surface area contributed by atoms with Gasteiger partial charge in [0.05, 0.1) is 17.0 Å². The molecule has 0 aliphatic heterocycles. The third kappa shape index (κ3) is 5.66. The van der Waals surface area contributed by atoms with E-state index < -0.39 is 24.0 Å². The maximum atomic E-state index is 11.1. The zero-order valence-electron chi connectivity index (χ0n) is 21.1. The normalized spacial score (nSPS) is 19.7. The number of ether oxygens (including phenoxy) is 1. The fourth-order valence-corrected chi connectivity index (χ4v) is 4.82. The molecule has 3 atom stereocenters. The number of carboxylic acids is 1. The Labute approximate surface area is 225 Å². The smallest absolute Gasteiger partial charge is 0.323 e. The quantitative estimate of drug-likeness (QED) is 0.287. The lowest BCUT2D eigenvalue weighted by molar-refractivity contribution is -0.140. The predicted molar refractivity (Wildman–Crippen MR) is 142 cm³/mol. The topological polar surface area (TPSA) is 138 Å². The van der Waals surface area contributed by atoms with Crippen LogP contribution < -0.4 is 10.1 Å². The van der Waals surface area contributed by atoms with Crippen LogP contribution in [0.2, 0.25) is 5.02 Å². The maximum absolute atomic E-state index is 11.1. The second-order valence-corrected chi connectivity index (χ2v) is 9.64. The van der Waals surface area contributed by atoms with Crippen LogP contribution in [0.25, 0.3) is 5.57 Å². The van der Waals surface area contributed by atoms with Crippen LogP contribution in [0.1, 0.15) is 35.3 Å². The van der Waals surface area contributed by atoms with Crippen LogP contribution in [-0.2, 0) is 23.4 Å². The number of aromatic nitrogens is 2. The Bertz CT molecular complexity index is 1350. The highest BCUT2D eigenvalue weighted by Gasteiger charge is 2.44. The minimum absolute atomic E-state index is 0.115. The van der Waals surface area contributed by atoms with Crippen molar-refractivity contribution in [3.05, 3.63) is 94.1 Å². The minimum Gasteiger partial charge on any atom is -0.491 e. The van der Waals surface area contributed by atoms with Gasteiger partial charge in [0, 0.05) is 12.5 Å². The van der Waals surface area contributed by atoms with Crippen molar-refractivity contribution in [2.24, 2.45) is 5.92 Å². The van der Waals surface area contributed by atoms with Gasteiger partial charge in [0.25, 0.3) is 5.89 Å². The molecule has 0 fully saturated rings. The summed E-state index contributed by atoms with van der Waals surface area (Å²) in [6, 6.07) is 12.2. The maximum Gasteiger partial charge on any atom is 0.323 e. The van der Waals surface area contributed by atoms with E-state index in [0.29, 0.717) is 16.6 Å². The van der Waals surface area contributed by atoms with Crippen molar-refractivity contribution in [1.29, 1.82) is 0 Å². The molecule has 0 spiro atoms. The molecule has 4 rings (SSSR count). The molecule has 3 aromatic rings. The van der Waals surface area contributed by atoms with Gasteiger partial charge in [-0.15, -0.1) is 0 Å². The molecule has 3 unspecified atom stereocenters. The summed E-state index contributed by atoms with van der Waals surface area (Å²) in [7, 11) is 0. The van der Waals surface area contributed by atoms with E-state index in [0.717, 1.165) is 22.3 Å². The summed E-state index contributed by atoms with van der Waals surface area (Å²) in [5, 5.41) is 35.1. The molecule has 0 saturated carbocycles. The highest BCUT2D eigenvalue weighted by Crippen LogP contribution is 2.44. The van der Waals surface area contributed by atoms with Gasteiger partial charge in [-0.3, -0.25) is 10.1 Å². The molecule has 0 radical (unpaired) electrons. The fourth-order valence-electron chi connectivity index (χ4n) is 4.56. The van der Waals surface area contributed by atoms with Gasteiger partial charge in [0.15, 0.2) is 5.82 Å². The lowest BCUT2D eigenvalue weighted by atomic mass is 9.68. The second kappa shape index (κ2) is 11.9. The molecule has 4 N–H and O–H groups in total. The average molecular weight is 540 g/mol.